The summed E-state index contributed by atoms with van der Waals surface area (Å²) < 4.78 is 5.98. The summed E-state index contributed by atoms with van der Waals surface area (Å²) in [5, 5.41) is 8.80. The van der Waals surface area contributed by atoms with Crippen LogP contribution in [0.1, 0.15) is 23.8 Å². The number of nitrogens with one attached hydrogen (secondary N) is 3. The van der Waals surface area contributed by atoms with Gasteiger partial charge in [-0.3, -0.25) is 10.1 Å². The van der Waals surface area contributed by atoms with E-state index in [1.54, 1.807) is 0 Å². The number of hydrogen-bond donors (Lipinski definition) is 3. The molecule has 2 heterocycles. The molecule has 3 aromatic carbocycles. The van der Waals surface area contributed by atoms with E-state index in [1.165, 1.54) is 0 Å². The van der Waals surface area contributed by atoms with Crippen molar-refractivity contribution in [1.29, 1.82) is 0 Å². The molecule has 1 unspecified atom stereocenters. The van der Waals surface area contributed by atoms with Gasteiger partial charge in [0, 0.05) is 35.5 Å². The van der Waals surface area contributed by atoms with Gasteiger partial charge in [0.2, 0.25) is 5.91 Å². The third kappa shape index (κ3) is 4.54. The van der Waals surface area contributed by atoms with Gasteiger partial charge in [-0.25, -0.2) is 0 Å². The molecule has 0 spiro atoms. The maximum atomic E-state index is 13.5. The predicted octanol–water partition coefficient (Wildman–Crippen LogP) is 5.32. The minimum atomic E-state index is -0.835. The summed E-state index contributed by atoms with van der Waals surface area (Å²) in [4.78, 5) is 16.8. The number of carbonyl (C=O) groups is 1. The Morgan fingerprint density at radius 1 is 0.939 bits per heavy atom. The van der Waals surface area contributed by atoms with E-state index in [1.807, 2.05) is 92.0 Å². The second-order valence-electron chi connectivity index (χ2n) is 8.64. The number of fused-ring (bicyclic) bond motifs is 2. The summed E-state index contributed by atoms with van der Waals surface area (Å²) in [6.45, 7) is 2.89. The minimum Gasteiger partial charge on any atom is -0.460 e. The van der Waals surface area contributed by atoms with E-state index in [9.17, 15) is 4.79 Å². The Labute approximate surface area is 192 Å². The lowest BCUT2D eigenvalue weighted by Crippen LogP contribution is -2.55. The molecule has 5 aromatic rings. The van der Waals surface area contributed by atoms with Gasteiger partial charge in [0.15, 0.2) is 0 Å². The molecule has 0 aliphatic rings. The van der Waals surface area contributed by atoms with Crippen LogP contribution in [-0.4, -0.2) is 16.4 Å². The zero-order chi connectivity index (χ0) is 22.7. The highest BCUT2D eigenvalue weighted by atomic mass is 16.3. The van der Waals surface area contributed by atoms with E-state index < -0.39 is 5.54 Å². The van der Waals surface area contributed by atoms with Crippen LogP contribution in [0.2, 0.25) is 0 Å². The van der Waals surface area contributed by atoms with E-state index in [2.05, 4.69) is 21.7 Å². The summed E-state index contributed by atoms with van der Waals surface area (Å²) in [5.74, 6) is 0.755. The molecule has 166 valence electrons. The van der Waals surface area contributed by atoms with Crippen LogP contribution in [0.5, 0.6) is 0 Å². The molecule has 5 nitrogen and oxygen atoms in total. The second kappa shape index (κ2) is 8.96. The lowest BCUT2D eigenvalue weighted by atomic mass is 9.91. The fourth-order valence-electron chi connectivity index (χ4n) is 4.26. The molecule has 5 heteroatoms. The Bertz CT molecular complexity index is 1350. The molecular weight excluding hydrogens is 410 g/mol. The van der Waals surface area contributed by atoms with Crippen molar-refractivity contribution in [2.45, 2.75) is 32.0 Å². The topological polar surface area (TPSA) is 70.1 Å². The lowest BCUT2D eigenvalue weighted by molar-refractivity contribution is -0.127. The predicted molar refractivity (Wildman–Crippen MR) is 132 cm³/mol. The van der Waals surface area contributed by atoms with Gasteiger partial charge in [-0.2, -0.15) is 0 Å². The zero-order valence-electron chi connectivity index (χ0n) is 18.6. The summed E-state index contributed by atoms with van der Waals surface area (Å²) >= 11 is 0. The number of aromatic nitrogens is 1. The highest BCUT2D eigenvalue weighted by Crippen LogP contribution is 2.24. The van der Waals surface area contributed by atoms with Gasteiger partial charge in [-0.15, -0.1) is 0 Å². The van der Waals surface area contributed by atoms with Crippen molar-refractivity contribution in [3.05, 3.63) is 108 Å². The minimum absolute atomic E-state index is 0.0484. The number of rotatable bonds is 8. The molecular formula is C28H27N3O2. The monoisotopic (exact) mass is 437 g/mol. The highest BCUT2D eigenvalue weighted by molar-refractivity contribution is 5.89. The first-order chi connectivity index (χ1) is 16.1. The van der Waals surface area contributed by atoms with Crippen LogP contribution in [-0.2, 0) is 24.3 Å². The second-order valence-corrected chi connectivity index (χ2v) is 8.64. The van der Waals surface area contributed by atoms with Crippen LogP contribution in [0.3, 0.4) is 0 Å². The third-order valence-electron chi connectivity index (χ3n) is 6.15. The van der Waals surface area contributed by atoms with Crippen LogP contribution in [0.4, 0.5) is 0 Å². The molecule has 0 fully saturated rings. The number of para-hydroxylation sites is 2. The molecule has 1 amide bonds. The number of carbonyl (C=O) groups excluding carboxylic acids is 1. The Morgan fingerprint density at radius 3 is 2.55 bits per heavy atom. The SMILES string of the molecule is CC(Cc1c[nH]c2ccccc12)(NCc1cc2ccccc2o1)C(=O)NCc1ccccc1. The number of benzene rings is 3. The maximum absolute atomic E-state index is 13.5. The maximum Gasteiger partial charge on any atom is 0.240 e. The number of hydrogen-bond acceptors (Lipinski definition) is 3. The van der Waals surface area contributed by atoms with E-state index >= 15 is 0 Å². The van der Waals surface area contributed by atoms with E-state index in [0.29, 0.717) is 19.5 Å². The molecule has 2 aromatic heterocycles. The molecule has 0 aliphatic carbocycles. The highest BCUT2D eigenvalue weighted by Gasteiger charge is 2.34. The van der Waals surface area contributed by atoms with Crippen LogP contribution in [0, 0.1) is 0 Å². The Morgan fingerprint density at radius 2 is 1.70 bits per heavy atom. The Hall–Kier alpha value is -3.83. The average molecular weight is 438 g/mol. The van der Waals surface area contributed by atoms with Gasteiger partial charge in [0.1, 0.15) is 11.3 Å². The lowest BCUT2D eigenvalue weighted by Gasteiger charge is -2.29. The summed E-state index contributed by atoms with van der Waals surface area (Å²) in [7, 11) is 0. The molecule has 1 atom stereocenters. The fourth-order valence-corrected chi connectivity index (χ4v) is 4.26. The van der Waals surface area contributed by atoms with Crippen LogP contribution >= 0.6 is 0 Å². The van der Waals surface area contributed by atoms with Gasteiger partial charge in [-0.05, 0) is 36.2 Å². The quantitative estimate of drug-likeness (QED) is 0.308. The number of H-pyrrole nitrogens is 1. The van der Waals surface area contributed by atoms with Crippen molar-refractivity contribution in [1.82, 2.24) is 15.6 Å². The first-order valence-electron chi connectivity index (χ1n) is 11.2. The van der Waals surface area contributed by atoms with Crippen molar-refractivity contribution >= 4 is 27.8 Å². The van der Waals surface area contributed by atoms with E-state index in [-0.39, 0.29) is 5.91 Å². The normalized spacial score (nSPS) is 13.2. The van der Waals surface area contributed by atoms with Crippen LogP contribution < -0.4 is 10.6 Å². The van der Waals surface area contributed by atoms with Crippen LogP contribution in [0.15, 0.2) is 95.5 Å². The molecule has 0 bridgehead atoms. The Balaban J connectivity index is 1.39. The summed E-state index contributed by atoms with van der Waals surface area (Å²) in [6, 6.07) is 28.1. The van der Waals surface area contributed by atoms with Gasteiger partial charge < -0.3 is 14.7 Å². The first kappa shape index (κ1) is 21.0. The fraction of sp³-hybridized carbons (Fsp3) is 0.179. The molecule has 0 saturated carbocycles. The molecule has 0 saturated heterocycles. The van der Waals surface area contributed by atoms with Gasteiger partial charge in [0.25, 0.3) is 0 Å². The molecule has 3 N–H and O–H groups in total. The van der Waals surface area contributed by atoms with Crippen molar-refractivity contribution in [3.63, 3.8) is 0 Å². The van der Waals surface area contributed by atoms with Crippen molar-refractivity contribution in [2.24, 2.45) is 0 Å². The van der Waals surface area contributed by atoms with Crippen LogP contribution in [0.25, 0.3) is 21.9 Å². The molecule has 5 rings (SSSR count). The van der Waals surface area contributed by atoms with E-state index in [0.717, 1.165) is 38.8 Å². The summed E-state index contributed by atoms with van der Waals surface area (Å²) in [6.07, 6.45) is 2.54. The molecule has 33 heavy (non-hydrogen) atoms. The Kier molecular flexibility index (Phi) is 5.71. The number of aromatic amines is 1. The van der Waals surface area contributed by atoms with Gasteiger partial charge in [0.05, 0.1) is 12.1 Å². The average Bonchev–Trinajstić information content (AvgIpc) is 3.46. The van der Waals surface area contributed by atoms with Gasteiger partial charge in [-0.1, -0.05) is 66.7 Å². The standard InChI is InChI=1S/C28H27N3O2/c1-28(27(32)30-17-20-9-3-2-4-10-20,16-22-18-29-25-13-7-6-12-24(22)25)31-19-23-15-21-11-5-8-14-26(21)33-23/h2-15,18,29,31H,16-17,19H2,1H3,(H,30,32). The third-order valence-corrected chi connectivity index (χ3v) is 6.15. The first-order valence-corrected chi connectivity index (χ1v) is 11.2. The summed E-state index contributed by atoms with van der Waals surface area (Å²) in [5.41, 5.74) is 3.24. The molecule has 0 radical (unpaired) electrons. The largest absolute Gasteiger partial charge is 0.460 e. The van der Waals surface area contributed by atoms with Crippen molar-refractivity contribution in [2.75, 3.05) is 0 Å². The number of amides is 1. The van der Waals surface area contributed by atoms with Gasteiger partial charge >= 0.3 is 0 Å². The van der Waals surface area contributed by atoms with Crippen molar-refractivity contribution < 1.29 is 9.21 Å². The zero-order valence-corrected chi connectivity index (χ0v) is 18.6. The molecule has 0 aliphatic heterocycles. The van der Waals surface area contributed by atoms with E-state index in [4.69, 9.17) is 4.42 Å². The smallest absolute Gasteiger partial charge is 0.240 e. The van der Waals surface area contributed by atoms with Crippen molar-refractivity contribution in [3.8, 4) is 0 Å². The number of furan rings is 1.